The number of hydrogen-bond acceptors (Lipinski definition) is 6. The third-order valence-electron chi connectivity index (χ3n) is 4.73. The van der Waals surface area contributed by atoms with Crippen molar-refractivity contribution in [1.82, 2.24) is 5.32 Å². The molecule has 3 aromatic carbocycles. The lowest BCUT2D eigenvalue weighted by Crippen LogP contribution is -2.48. The predicted molar refractivity (Wildman–Crippen MR) is 135 cm³/mol. The fourth-order valence-corrected chi connectivity index (χ4v) is 3.08. The Morgan fingerprint density at radius 2 is 1.64 bits per heavy atom. The van der Waals surface area contributed by atoms with E-state index in [2.05, 4.69) is 10.6 Å². The Kier molecular flexibility index (Phi) is 8.86. The number of anilines is 2. The molecule has 0 aliphatic carbocycles. The molecule has 0 fully saturated rings. The van der Waals surface area contributed by atoms with Gasteiger partial charge < -0.3 is 30.6 Å². The van der Waals surface area contributed by atoms with Crippen LogP contribution >= 0.6 is 0 Å². The molecule has 0 aliphatic rings. The molecule has 36 heavy (non-hydrogen) atoms. The van der Waals surface area contributed by atoms with Crippen molar-refractivity contribution in [2.24, 2.45) is 0 Å². The number of ether oxygens (including phenoxy) is 3. The highest BCUT2D eigenvalue weighted by Crippen LogP contribution is 2.28. The summed E-state index contributed by atoms with van der Waals surface area (Å²) in [6.07, 6.45) is -0.748. The highest BCUT2D eigenvalue weighted by atomic mass is 19.1. The topological polar surface area (TPSA) is 112 Å². The first-order valence-electron chi connectivity index (χ1n) is 11.3. The molecule has 0 bridgehead atoms. The SMILES string of the molecule is CC(C)(C)OC(=O)NC(COCc1ccccc1)C(=O)Nc1ccc(Oc2ccc(F)cc2)cc1N. The molecule has 0 aliphatic heterocycles. The minimum absolute atomic E-state index is 0.0916. The van der Waals surface area contributed by atoms with Gasteiger partial charge in [0.1, 0.15) is 29.0 Å². The summed E-state index contributed by atoms with van der Waals surface area (Å²) in [6.45, 7) is 5.35. The van der Waals surface area contributed by atoms with Crippen molar-refractivity contribution < 1.29 is 28.2 Å². The predicted octanol–water partition coefficient (Wildman–Crippen LogP) is 5.25. The van der Waals surface area contributed by atoms with E-state index in [1.54, 1.807) is 32.9 Å². The fourth-order valence-electron chi connectivity index (χ4n) is 3.08. The molecule has 2 amide bonds. The summed E-state index contributed by atoms with van der Waals surface area (Å²) in [7, 11) is 0. The van der Waals surface area contributed by atoms with E-state index < -0.39 is 23.6 Å². The van der Waals surface area contributed by atoms with Crippen molar-refractivity contribution in [2.45, 2.75) is 39.0 Å². The molecule has 0 saturated heterocycles. The van der Waals surface area contributed by atoms with Crippen LogP contribution in [0.2, 0.25) is 0 Å². The normalized spacial score (nSPS) is 11.9. The Morgan fingerprint density at radius 1 is 0.972 bits per heavy atom. The Morgan fingerprint density at radius 3 is 2.28 bits per heavy atom. The highest BCUT2D eigenvalue weighted by molar-refractivity contribution is 5.99. The molecule has 3 rings (SSSR count). The summed E-state index contributed by atoms with van der Waals surface area (Å²) in [4.78, 5) is 25.4. The quantitative estimate of drug-likeness (QED) is 0.350. The number of nitrogen functional groups attached to an aromatic ring is 1. The number of hydrogen-bond donors (Lipinski definition) is 3. The molecule has 9 heteroatoms. The largest absolute Gasteiger partial charge is 0.457 e. The Hall–Kier alpha value is -4.11. The summed E-state index contributed by atoms with van der Waals surface area (Å²) in [5, 5.41) is 5.26. The minimum Gasteiger partial charge on any atom is -0.457 e. The second-order valence-corrected chi connectivity index (χ2v) is 8.99. The molecule has 1 atom stereocenters. The summed E-state index contributed by atoms with van der Waals surface area (Å²) >= 11 is 0. The van der Waals surface area contributed by atoms with Gasteiger partial charge >= 0.3 is 6.09 Å². The number of carbonyl (C=O) groups excluding carboxylic acids is 2. The van der Waals surface area contributed by atoms with E-state index in [0.29, 0.717) is 17.2 Å². The summed E-state index contributed by atoms with van der Waals surface area (Å²) in [5.41, 5.74) is 6.87. The highest BCUT2D eigenvalue weighted by Gasteiger charge is 2.25. The molecule has 8 nitrogen and oxygen atoms in total. The van der Waals surface area contributed by atoms with Gasteiger partial charge in [-0.25, -0.2) is 9.18 Å². The van der Waals surface area contributed by atoms with Crippen molar-refractivity contribution in [1.29, 1.82) is 0 Å². The van der Waals surface area contributed by atoms with Crippen molar-refractivity contribution in [2.75, 3.05) is 17.7 Å². The number of nitrogens with one attached hydrogen (secondary N) is 2. The lowest BCUT2D eigenvalue weighted by molar-refractivity contribution is -0.119. The van der Waals surface area contributed by atoms with Gasteiger partial charge in [-0.15, -0.1) is 0 Å². The van der Waals surface area contributed by atoms with E-state index in [1.807, 2.05) is 30.3 Å². The zero-order valence-electron chi connectivity index (χ0n) is 20.4. The van der Waals surface area contributed by atoms with E-state index in [9.17, 15) is 14.0 Å². The Bertz CT molecular complexity index is 1160. The van der Waals surface area contributed by atoms with Crippen LogP contribution < -0.4 is 21.1 Å². The molecular formula is C27H30FN3O5. The van der Waals surface area contributed by atoms with E-state index >= 15 is 0 Å². The number of benzene rings is 3. The average Bonchev–Trinajstić information content (AvgIpc) is 2.81. The van der Waals surface area contributed by atoms with Crippen LogP contribution in [0.4, 0.5) is 20.6 Å². The number of rotatable bonds is 9. The molecule has 4 N–H and O–H groups in total. The zero-order valence-corrected chi connectivity index (χ0v) is 20.4. The Labute approximate surface area is 209 Å². The van der Waals surface area contributed by atoms with Crippen molar-refractivity contribution in [3.05, 3.63) is 84.2 Å². The van der Waals surface area contributed by atoms with Gasteiger partial charge in [-0.2, -0.15) is 0 Å². The second kappa shape index (κ2) is 12.0. The molecule has 0 radical (unpaired) electrons. The van der Waals surface area contributed by atoms with Crippen LogP contribution in [0.3, 0.4) is 0 Å². The van der Waals surface area contributed by atoms with E-state index in [0.717, 1.165) is 5.56 Å². The maximum Gasteiger partial charge on any atom is 0.408 e. The van der Waals surface area contributed by atoms with Crippen LogP contribution in [0.1, 0.15) is 26.3 Å². The van der Waals surface area contributed by atoms with Crippen LogP contribution in [0.15, 0.2) is 72.8 Å². The van der Waals surface area contributed by atoms with Crippen molar-refractivity contribution >= 4 is 23.4 Å². The third-order valence-corrected chi connectivity index (χ3v) is 4.73. The lowest BCUT2D eigenvalue weighted by Gasteiger charge is -2.23. The lowest BCUT2D eigenvalue weighted by atomic mass is 10.2. The molecular weight excluding hydrogens is 465 g/mol. The van der Waals surface area contributed by atoms with Gasteiger partial charge in [0.25, 0.3) is 0 Å². The van der Waals surface area contributed by atoms with E-state index in [1.165, 1.54) is 30.3 Å². The summed E-state index contributed by atoms with van der Waals surface area (Å²) in [5.74, 6) is -0.0634. The number of halogens is 1. The summed E-state index contributed by atoms with van der Waals surface area (Å²) in [6, 6.07) is 18.7. The molecule has 190 valence electrons. The molecule has 3 aromatic rings. The first-order chi connectivity index (χ1) is 17.1. The van der Waals surface area contributed by atoms with Gasteiger partial charge in [0.05, 0.1) is 24.6 Å². The average molecular weight is 496 g/mol. The van der Waals surface area contributed by atoms with Gasteiger partial charge in [-0.05, 0) is 62.7 Å². The van der Waals surface area contributed by atoms with Crippen LogP contribution in [0, 0.1) is 5.82 Å². The number of nitrogens with two attached hydrogens (primary N) is 1. The molecule has 1 unspecified atom stereocenters. The second-order valence-electron chi connectivity index (χ2n) is 8.99. The first kappa shape index (κ1) is 26.5. The van der Waals surface area contributed by atoms with Crippen LogP contribution in [-0.2, 0) is 20.9 Å². The van der Waals surface area contributed by atoms with E-state index in [-0.39, 0.29) is 24.7 Å². The number of carbonyl (C=O) groups is 2. The van der Waals surface area contributed by atoms with Gasteiger partial charge in [-0.3, -0.25) is 4.79 Å². The first-order valence-corrected chi connectivity index (χ1v) is 11.3. The zero-order chi connectivity index (χ0) is 26.1. The maximum atomic E-state index is 13.1. The minimum atomic E-state index is -1.04. The van der Waals surface area contributed by atoms with Crippen molar-refractivity contribution in [3.8, 4) is 11.5 Å². The van der Waals surface area contributed by atoms with Crippen molar-refractivity contribution in [3.63, 3.8) is 0 Å². The number of amides is 2. The van der Waals surface area contributed by atoms with Crippen LogP contribution in [-0.4, -0.2) is 30.3 Å². The van der Waals surface area contributed by atoms with E-state index in [4.69, 9.17) is 19.9 Å². The van der Waals surface area contributed by atoms with Crippen LogP contribution in [0.25, 0.3) is 0 Å². The fraction of sp³-hybridized carbons (Fsp3) is 0.259. The maximum absolute atomic E-state index is 13.1. The monoisotopic (exact) mass is 495 g/mol. The van der Waals surface area contributed by atoms with Gasteiger partial charge in [0, 0.05) is 6.07 Å². The van der Waals surface area contributed by atoms with Gasteiger partial charge in [-0.1, -0.05) is 30.3 Å². The molecule has 0 aromatic heterocycles. The van der Waals surface area contributed by atoms with Crippen LogP contribution in [0.5, 0.6) is 11.5 Å². The van der Waals surface area contributed by atoms with Gasteiger partial charge in [0.2, 0.25) is 5.91 Å². The van der Waals surface area contributed by atoms with Gasteiger partial charge in [0.15, 0.2) is 0 Å². The number of alkyl carbamates (subject to hydrolysis) is 1. The third kappa shape index (κ3) is 8.59. The molecule has 0 saturated carbocycles. The standard InChI is InChI=1S/C27H30FN3O5/c1-27(2,3)36-26(33)31-24(17-34-16-18-7-5-4-6-8-18)25(32)30-23-14-13-21(15-22(23)29)35-20-11-9-19(28)10-12-20/h4-15,24H,16-17,29H2,1-3H3,(H,30,32)(H,31,33). The molecule has 0 heterocycles. The summed E-state index contributed by atoms with van der Waals surface area (Å²) < 4.78 is 29.7. The smallest absolute Gasteiger partial charge is 0.408 e. The Balaban J connectivity index is 1.66. The molecule has 0 spiro atoms.